The number of thioether (sulfide) groups is 1. The highest BCUT2D eigenvalue weighted by Crippen LogP contribution is 2.40. The molecule has 4 aromatic rings. The second-order valence-corrected chi connectivity index (χ2v) is 11.4. The number of fused-ring (bicyclic) bond motifs is 2. The number of aromatic nitrogens is 6. The Morgan fingerprint density at radius 2 is 2.14 bits per heavy atom. The fourth-order valence-corrected chi connectivity index (χ4v) is 6.64. The first kappa shape index (κ1) is 28.2. The molecule has 2 aliphatic rings. The fraction of sp³-hybridized carbons (Fsp3) is 0.269. The van der Waals surface area contributed by atoms with Gasteiger partial charge in [0, 0.05) is 29.1 Å². The summed E-state index contributed by atoms with van der Waals surface area (Å²) in [6.07, 6.45) is 5.28. The van der Waals surface area contributed by atoms with E-state index in [4.69, 9.17) is 10.6 Å². The molecule has 43 heavy (non-hydrogen) atoms. The Balaban J connectivity index is 1.22. The first-order valence-corrected chi connectivity index (χ1v) is 14.9. The SMILES string of the molecule is CCO/N=C(\C(=O)NC1C(=O)N2C(C(=O)O)=C(C[n+]3cccc4c3ncn4Cc3ccccn3)CSC12)c1nsc(N)n1. The third kappa shape index (κ3) is 5.39. The number of aliphatic carboxylic acids is 1. The number of oxime groups is 1. The number of carboxylic acid groups (broad SMARTS) is 1. The zero-order valence-electron chi connectivity index (χ0n) is 22.7. The van der Waals surface area contributed by atoms with Crippen molar-refractivity contribution in [1.29, 1.82) is 0 Å². The number of anilines is 1. The largest absolute Gasteiger partial charge is 0.477 e. The van der Waals surface area contributed by atoms with Crippen LogP contribution in [0, 0.1) is 0 Å². The van der Waals surface area contributed by atoms with Crippen molar-refractivity contribution in [2.24, 2.45) is 5.16 Å². The number of hydrogen-bond acceptors (Lipinski definition) is 12. The Hall–Kier alpha value is -4.90. The molecule has 6 rings (SSSR count). The summed E-state index contributed by atoms with van der Waals surface area (Å²) in [6, 6.07) is 8.53. The van der Waals surface area contributed by atoms with Crippen LogP contribution in [0.4, 0.5) is 5.13 Å². The lowest BCUT2D eigenvalue weighted by atomic mass is 10.0. The van der Waals surface area contributed by atoms with Gasteiger partial charge in [-0.05, 0) is 36.2 Å². The molecule has 4 aromatic heterocycles. The van der Waals surface area contributed by atoms with Gasteiger partial charge in [-0.1, -0.05) is 11.2 Å². The highest BCUT2D eigenvalue weighted by Gasteiger charge is 2.54. The van der Waals surface area contributed by atoms with Gasteiger partial charge in [0.05, 0.1) is 18.4 Å². The average Bonchev–Trinajstić information content (AvgIpc) is 3.62. The predicted octanol–water partition coefficient (Wildman–Crippen LogP) is 0.380. The van der Waals surface area contributed by atoms with E-state index in [1.54, 1.807) is 19.4 Å². The summed E-state index contributed by atoms with van der Waals surface area (Å²) in [5.41, 5.74) is 8.26. The molecule has 220 valence electrons. The first-order chi connectivity index (χ1) is 20.9. The number of nitrogen functional groups attached to an aromatic ring is 1. The van der Waals surface area contributed by atoms with Crippen molar-refractivity contribution >= 4 is 63.1 Å². The van der Waals surface area contributed by atoms with Gasteiger partial charge in [0.25, 0.3) is 11.8 Å². The van der Waals surface area contributed by atoms with Crippen molar-refractivity contribution in [3.63, 3.8) is 0 Å². The summed E-state index contributed by atoms with van der Waals surface area (Å²) < 4.78 is 7.83. The number of amides is 2. The van der Waals surface area contributed by atoms with E-state index in [1.807, 2.05) is 45.7 Å². The summed E-state index contributed by atoms with van der Waals surface area (Å²) in [5.74, 6) is -2.22. The molecule has 0 aromatic carbocycles. The third-order valence-electron chi connectivity index (χ3n) is 6.76. The number of β-lactam (4-membered cyclic amide) rings is 1. The van der Waals surface area contributed by atoms with Crippen LogP contribution in [0.3, 0.4) is 0 Å². The van der Waals surface area contributed by atoms with Crippen LogP contribution in [-0.2, 0) is 32.3 Å². The lowest BCUT2D eigenvalue weighted by Gasteiger charge is -2.49. The standard InChI is InChI=1S/C26H24N10O5S2/c1-2-41-32-17(20-31-26(27)43-33-20)22(37)30-18-23(38)36-19(25(39)40)14(12-42-24(18)36)10-34-9-5-7-16-21(34)29-13-35(16)11-15-6-3-4-8-28-15/h3-9,13,18,24H,2,10-12H2,1H3,(H3-,27,30,31,33,37,39,40)/p+1/b32-17-. The van der Waals surface area contributed by atoms with Crippen LogP contribution in [0.5, 0.6) is 0 Å². The lowest BCUT2D eigenvalue weighted by Crippen LogP contribution is -2.71. The van der Waals surface area contributed by atoms with Gasteiger partial charge in [-0.3, -0.25) is 24.0 Å². The Kier molecular flexibility index (Phi) is 7.73. The molecule has 0 saturated carbocycles. The van der Waals surface area contributed by atoms with E-state index < -0.39 is 29.2 Å². The highest BCUT2D eigenvalue weighted by atomic mass is 32.2. The fourth-order valence-electron chi connectivity index (χ4n) is 4.87. The molecule has 15 nitrogen and oxygen atoms in total. The normalized spacial score (nSPS) is 18.4. The molecule has 17 heteroatoms. The second kappa shape index (κ2) is 11.8. The second-order valence-electron chi connectivity index (χ2n) is 9.47. The van der Waals surface area contributed by atoms with Crippen LogP contribution in [0.2, 0.25) is 0 Å². The van der Waals surface area contributed by atoms with Gasteiger partial charge < -0.3 is 21.0 Å². The molecule has 0 aliphatic carbocycles. The number of hydrogen-bond donors (Lipinski definition) is 3. The summed E-state index contributed by atoms with van der Waals surface area (Å²) in [4.78, 5) is 58.0. The number of carbonyl (C=O) groups is 3. The summed E-state index contributed by atoms with van der Waals surface area (Å²) >= 11 is 2.25. The van der Waals surface area contributed by atoms with Crippen LogP contribution in [0.1, 0.15) is 18.4 Å². The van der Waals surface area contributed by atoms with Gasteiger partial charge >= 0.3 is 11.6 Å². The van der Waals surface area contributed by atoms with Crippen LogP contribution in [0.15, 0.2) is 65.5 Å². The van der Waals surface area contributed by atoms with E-state index in [2.05, 4.69) is 29.8 Å². The molecule has 1 saturated heterocycles. The number of imidazole rings is 1. The van der Waals surface area contributed by atoms with Crippen molar-refractivity contribution in [3.8, 4) is 0 Å². The minimum absolute atomic E-state index is 0.0320. The Labute approximate surface area is 252 Å². The van der Waals surface area contributed by atoms with Crippen LogP contribution < -0.4 is 15.6 Å². The van der Waals surface area contributed by atoms with Crippen molar-refractivity contribution in [2.75, 3.05) is 18.1 Å². The number of carbonyl (C=O) groups excluding carboxylic acids is 2. The molecule has 0 bridgehead atoms. The zero-order valence-corrected chi connectivity index (χ0v) is 24.3. The third-order valence-corrected chi connectivity index (χ3v) is 8.64. The maximum absolute atomic E-state index is 13.3. The van der Waals surface area contributed by atoms with Crippen molar-refractivity contribution in [3.05, 3.63) is 71.8 Å². The highest BCUT2D eigenvalue weighted by molar-refractivity contribution is 8.00. The number of nitrogens with two attached hydrogens (primary N) is 1. The molecule has 2 atom stereocenters. The van der Waals surface area contributed by atoms with E-state index in [0.29, 0.717) is 23.5 Å². The average molecular weight is 622 g/mol. The summed E-state index contributed by atoms with van der Waals surface area (Å²) in [5, 5.41) is 16.1. The van der Waals surface area contributed by atoms with Crippen molar-refractivity contribution in [2.45, 2.75) is 31.4 Å². The van der Waals surface area contributed by atoms with E-state index in [-0.39, 0.29) is 35.5 Å². The molecule has 1 fully saturated rings. The number of rotatable bonds is 10. The number of pyridine rings is 2. The van der Waals surface area contributed by atoms with Crippen LogP contribution in [-0.4, -0.2) is 81.2 Å². The molecule has 4 N–H and O–H groups in total. The minimum atomic E-state index is -1.23. The maximum atomic E-state index is 13.3. The summed E-state index contributed by atoms with van der Waals surface area (Å²) in [6.45, 7) is 2.62. The van der Waals surface area contributed by atoms with E-state index in [1.165, 1.54) is 16.7 Å². The topological polar surface area (TPSA) is 195 Å². The van der Waals surface area contributed by atoms with E-state index in [0.717, 1.165) is 22.7 Å². The molecular formula is C26H25N10O5S2+. The van der Waals surface area contributed by atoms with E-state index in [9.17, 15) is 19.5 Å². The number of nitrogens with zero attached hydrogens (tertiary/aromatic N) is 8. The predicted molar refractivity (Wildman–Crippen MR) is 155 cm³/mol. The minimum Gasteiger partial charge on any atom is -0.477 e. The molecule has 0 spiro atoms. The van der Waals surface area contributed by atoms with Crippen LogP contribution in [0.25, 0.3) is 11.2 Å². The monoisotopic (exact) mass is 621 g/mol. The Bertz CT molecular complexity index is 1790. The first-order valence-electron chi connectivity index (χ1n) is 13.1. The van der Waals surface area contributed by atoms with Crippen molar-refractivity contribution < 1.29 is 28.9 Å². The smallest absolute Gasteiger partial charge is 0.352 e. The Morgan fingerprint density at radius 3 is 2.86 bits per heavy atom. The lowest BCUT2D eigenvalue weighted by molar-refractivity contribution is -0.664. The van der Waals surface area contributed by atoms with E-state index >= 15 is 0 Å². The molecule has 2 unspecified atom stereocenters. The quantitative estimate of drug-likeness (QED) is 0.0959. The number of carboxylic acids is 1. The van der Waals surface area contributed by atoms with Crippen LogP contribution >= 0.6 is 23.3 Å². The van der Waals surface area contributed by atoms with Gasteiger partial charge in [0.15, 0.2) is 5.13 Å². The van der Waals surface area contributed by atoms with Crippen molar-refractivity contribution in [1.82, 2.24) is 34.1 Å². The Morgan fingerprint density at radius 1 is 1.28 bits per heavy atom. The molecule has 2 aliphatic heterocycles. The van der Waals surface area contributed by atoms with Gasteiger partial charge in [0.2, 0.25) is 17.9 Å². The molecular weight excluding hydrogens is 596 g/mol. The summed E-state index contributed by atoms with van der Waals surface area (Å²) in [7, 11) is 0. The molecule has 2 amide bonds. The van der Waals surface area contributed by atoms with Gasteiger partial charge in [-0.15, -0.1) is 11.8 Å². The van der Waals surface area contributed by atoms with Gasteiger partial charge in [0.1, 0.15) is 35.8 Å². The van der Waals surface area contributed by atoms with Gasteiger partial charge in [-0.2, -0.15) is 9.36 Å². The molecule has 6 heterocycles. The molecule has 0 radical (unpaired) electrons. The zero-order chi connectivity index (χ0) is 30.1. The van der Waals surface area contributed by atoms with Gasteiger partial charge in [-0.25, -0.2) is 9.36 Å². The number of nitrogens with one attached hydrogen (secondary N) is 1. The maximum Gasteiger partial charge on any atom is 0.352 e.